The van der Waals surface area contributed by atoms with Gasteiger partial charge in [-0.3, -0.25) is 4.79 Å². The van der Waals surface area contributed by atoms with Crippen LogP contribution in [0.15, 0.2) is 60.7 Å². The van der Waals surface area contributed by atoms with E-state index in [1.54, 1.807) is 6.07 Å². The van der Waals surface area contributed by atoms with Crippen molar-refractivity contribution in [1.29, 1.82) is 0 Å². The third kappa shape index (κ3) is 4.80. The second-order valence-electron chi connectivity index (χ2n) is 7.35. The predicted molar refractivity (Wildman–Crippen MR) is 119 cm³/mol. The van der Waals surface area contributed by atoms with E-state index in [9.17, 15) is 9.90 Å². The van der Waals surface area contributed by atoms with Crippen LogP contribution in [0.25, 0.3) is 0 Å². The Bertz CT molecular complexity index is 992. The maximum Gasteiger partial charge on any atom is 0.232 e. The number of carbonyl (C=O) groups excluding carboxylic acids is 1. The normalized spacial score (nSPS) is 11.9. The minimum atomic E-state index is -0.604. The van der Waals surface area contributed by atoms with Gasteiger partial charge in [-0.15, -0.1) is 0 Å². The fraction of sp³-hybridized carbons (Fsp3) is 0.240. The Balaban J connectivity index is 1.94. The van der Waals surface area contributed by atoms with Gasteiger partial charge in [-0.1, -0.05) is 67.1 Å². The molecule has 0 radical (unpaired) electrons. The number of benzene rings is 3. The van der Waals surface area contributed by atoms with Crippen LogP contribution in [0.4, 0.5) is 0 Å². The molecule has 1 atom stereocenters. The van der Waals surface area contributed by atoms with Crippen molar-refractivity contribution in [2.75, 3.05) is 0 Å². The van der Waals surface area contributed by atoms with E-state index in [1.165, 1.54) is 0 Å². The zero-order chi connectivity index (χ0) is 21.0. The fourth-order valence-electron chi connectivity index (χ4n) is 3.62. The number of aromatic hydroxyl groups is 1. The summed E-state index contributed by atoms with van der Waals surface area (Å²) in [4.78, 5) is 13.3. The molecule has 2 N–H and O–H groups in total. The van der Waals surface area contributed by atoms with Crippen molar-refractivity contribution in [3.63, 3.8) is 0 Å². The first-order valence-electron chi connectivity index (χ1n) is 9.80. The molecule has 0 aliphatic carbocycles. The Morgan fingerprint density at radius 2 is 1.79 bits per heavy atom. The molecule has 0 spiro atoms. The van der Waals surface area contributed by atoms with E-state index >= 15 is 0 Å². The summed E-state index contributed by atoms with van der Waals surface area (Å²) in [5, 5.41) is 14.2. The average Bonchev–Trinajstić information content (AvgIpc) is 2.69. The third-order valence-electron chi connectivity index (χ3n) is 5.21. The molecule has 0 saturated carbocycles. The van der Waals surface area contributed by atoms with Crippen molar-refractivity contribution >= 4 is 17.5 Å². The minimum Gasteiger partial charge on any atom is -0.508 e. The topological polar surface area (TPSA) is 49.3 Å². The van der Waals surface area contributed by atoms with Gasteiger partial charge in [0.1, 0.15) is 5.75 Å². The highest BCUT2D eigenvalue weighted by Crippen LogP contribution is 2.33. The molecule has 3 aromatic carbocycles. The Morgan fingerprint density at radius 1 is 1.07 bits per heavy atom. The lowest BCUT2D eigenvalue weighted by Gasteiger charge is -2.20. The summed E-state index contributed by atoms with van der Waals surface area (Å²) >= 11 is 6.41. The van der Waals surface area contributed by atoms with Crippen LogP contribution in [0.3, 0.4) is 0 Å². The largest absolute Gasteiger partial charge is 0.508 e. The number of amides is 1. The molecule has 0 heterocycles. The van der Waals surface area contributed by atoms with Crippen molar-refractivity contribution in [2.45, 2.75) is 39.7 Å². The first kappa shape index (κ1) is 20.9. The Kier molecular flexibility index (Phi) is 6.60. The van der Waals surface area contributed by atoms with Gasteiger partial charge in [0.05, 0.1) is 5.92 Å². The van der Waals surface area contributed by atoms with Gasteiger partial charge in [0.2, 0.25) is 5.91 Å². The van der Waals surface area contributed by atoms with Gasteiger partial charge >= 0.3 is 0 Å². The molecule has 0 fully saturated rings. The lowest BCUT2D eigenvalue weighted by atomic mass is 9.88. The SMILES string of the molecule is CCc1ccc(O)c([C@@H](C(=O)NCc2c(C)cc(C)cc2Cl)c2ccccc2)c1. The molecule has 0 aromatic heterocycles. The highest BCUT2D eigenvalue weighted by atomic mass is 35.5. The summed E-state index contributed by atoms with van der Waals surface area (Å²) in [6, 6.07) is 19.0. The maximum absolute atomic E-state index is 13.3. The highest BCUT2D eigenvalue weighted by Gasteiger charge is 2.26. The summed E-state index contributed by atoms with van der Waals surface area (Å²) in [5.41, 5.74) is 5.56. The number of rotatable bonds is 6. The second kappa shape index (κ2) is 9.15. The molecule has 0 aliphatic heterocycles. The van der Waals surface area contributed by atoms with Gasteiger partial charge in [-0.25, -0.2) is 0 Å². The minimum absolute atomic E-state index is 0.121. The van der Waals surface area contributed by atoms with E-state index in [2.05, 4.69) is 18.3 Å². The van der Waals surface area contributed by atoms with Crippen LogP contribution in [-0.2, 0) is 17.8 Å². The molecule has 1 amide bonds. The van der Waals surface area contributed by atoms with Crippen LogP contribution in [0.1, 0.15) is 46.2 Å². The van der Waals surface area contributed by atoms with E-state index in [4.69, 9.17) is 11.6 Å². The number of carbonyl (C=O) groups is 1. The van der Waals surface area contributed by atoms with E-state index in [0.717, 1.165) is 34.2 Å². The first-order chi connectivity index (χ1) is 13.9. The maximum atomic E-state index is 13.3. The van der Waals surface area contributed by atoms with Crippen LogP contribution >= 0.6 is 11.6 Å². The zero-order valence-electron chi connectivity index (χ0n) is 17.0. The number of phenols is 1. The van der Waals surface area contributed by atoms with Crippen LogP contribution in [0.2, 0.25) is 5.02 Å². The van der Waals surface area contributed by atoms with E-state index < -0.39 is 5.92 Å². The lowest BCUT2D eigenvalue weighted by Crippen LogP contribution is -2.30. The summed E-state index contributed by atoms with van der Waals surface area (Å²) in [6.45, 7) is 6.37. The Morgan fingerprint density at radius 3 is 2.45 bits per heavy atom. The van der Waals surface area contributed by atoms with Gasteiger partial charge < -0.3 is 10.4 Å². The van der Waals surface area contributed by atoms with E-state index in [0.29, 0.717) is 17.1 Å². The summed E-state index contributed by atoms with van der Waals surface area (Å²) in [5.74, 6) is -0.654. The van der Waals surface area contributed by atoms with Crippen LogP contribution in [-0.4, -0.2) is 11.0 Å². The number of nitrogens with one attached hydrogen (secondary N) is 1. The van der Waals surface area contributed by atoms with Gasteiger partial charge in [0, 0.05) is 17.1 Å². The molecule has 0 unspecified atom stereocenters. The highest BCUT2D eigenvalue weighted by molar-refractivity contribution is 6.31. The third-order valence-corrected chi connectivity index (χ3v) is 5.55. The van der Waals surface area contributed by atoms with Crippen LogP contribution in [0.5, 0.6) is 5.75 Å². The number of hydrogen-bond acceptors (Lipinski definition) is 2. The van der Waals surface area contributed by atoms with Gasteiger partial charge in [-0.2, -0.15) is 0 Å². The molecule has 3 nitrogen and oxygen atoms in total. The van der Waals surface area contributed by atoms with Crippen molar-refractivity contribution < 1.29 is 9.90 Å². The van der Waals surface area contributed by atoms with E-state index in [-0.39, 0.29) is 11.7 Å². The number of hydrogen-bond donors (Lipinski definition) is 2. The fourth-order valence-corrected chi connectivity index (χ4v) is 4.01. The Hall–Kier alpha value is -2.78. The molecule has 3 aromatic rings. The van der Waals surface area contributed by atoms with Crippen molar-refractivity contribution in [1.82, 2.24) is 5.32 Å². The summed E-state index contributed by atoms with van der Waals surface area (Å²) < 4.78 is 0. The standard InChI is InChI=1S/C25H26ClNO2/c1-4-18-10-11-23(28)20(14-18)24(19-8-6-5-7-9-19)25(29)27-15-21-17(3)12-16(2)13-22(21)26/h5-14,24,28H,4,15H2,1-3H3,(H,27,29)/t24-/m0/s1. The Labute approximate surface area is 177 Å². The molecule has 0 saturated heterocycles. The lowest BCUT2D eigenvalue weighted by molar-refractivity contribution is -0.121. The number of phenolic OH excluding ortho intramolecular Hbond substituents is 1. The van der Waals surface area contributed by atoms with Crippen LogP contribution in [0, 0.1) is 13.8 Å². The number of halogens is 1. The van der Waals surface area contributed by atoms with Crippen molar-refractivity contribution in [2.24, 2.45) is 0 Å². The molecule has 0 bridgehead atoms. The molecular formula is C25H26ClNO2. The van der Waals surface area contributed by atoms with Crippen LogP contribution < -0.4 is 5.32 Å². The van der Waals surface area contributed by atoms with Gasteiger partial charge in [0.25, 0.3) is 0 Å². The predicted octanol–water partition coefficient (Wildman–Crippen LogP) is 5.67. The molecule has 29 heavy (non-hydrogen) atoms. The zero-order valence-corrected chi connectivity index (χ0v) is 17.8. The number of aryl methyl sites for hydroxylation is 3. The molecule has 150 valence electrons. The van der Waals surface area contributed by atoms with Crippen molar-refractivity contribution in [3.8, 4) is 5.75 Å². The molecule has 4 heteroatoms. The average molecular weight is 408 g/mol. The molecule has 3 rings (SSSR count). The molecule has 0 aliphatic rings. The van der Waals surface area contributed by atoms with E-state index in [1.807, 2.05) is 62.4 Å². The summed E-state index contributed by atoms with van der Waals surface area (Å²) in [7, 11) is 0. The first-order valence-corrected chi connectivity index (χ1v) is 10.2. The quantitative estimate of drug-likeness (QED) is 0.552. The van der Waals surface area contributed by atoms with Gasteiger partial charge in [-0.05, 0) is 60.2 Å². The second-order valence-corrected chi connectivity index (χ2v) is 7.76. The summed E-state index contributed by atoms with van der Waals surface area (Å²) in [6.07, 6.45) is 0.828. The molecular weight excluding hydrogens is 382 g/mol. The smallest absolute Gasteiger partial charge is 0.232 e. The van der Waals surface area contributed by atoms with Crippen molar-refractivity contribution in [3.05, 3.63) is 99.1 Å². The van der Waals surface area contributed by atoms with Gasteiger partial charge in [0.15, 0.2) is 0 Å². The monoisotopic (exact) mass is 407 g/mol.